The van der Waals surface area contributed by atoms with Gasteiger partial charge in [0.2, 0.25) is 0 Å². The molecule has 110 valence electrons. The summed E-state index contributed by atoms with van der Waals surface area (Å²) in [6, 6.07) is 11.2. The zero-order chi connectivity index (χ0) is 13.8. The van der Waals surface area contributed by atoms with Gasteiger partial charge in [-0.05, 0) is 19.0 Å². The third-order valence-corrected chi connectivity index (χ3v) is 5.71. The smallest absolute Gasteiger partial charge is 0.169 e. The Bertz CT molecular complexity index is 420. The van der Waals surface area contributed by atoms with Crippen molar-refractivity contribution in [2.24, 2.45) is 0 Å². The Kier molecular flexibility index (Phi) is 4.66. The van der Waals surface area contributed by atoms with Gasteiger partial charge < -0.3 is 14.8 Å². The molecule has 0 radical (unpaired) electrons. The summed E-state index contributed by atoms with van der Waals surface area (Å²) in [5.41, 5.74) is 1.39. The molecule has 1 aliphatic carbocycles. The highest BCUT2D eigenvalue weighted by molar-refractivity contribution is 7.99. The quantitative estimate of drug-likeness (QED) is 0.925. The summed E-state index contributed by atoms with van der Waals surface area (Å²) in [6.07, 6.45) is 3.14. The molecule has 1 saturated heterocycles. The highest BCUT2D eigenvalue weighted by atomic mass is 32.2. The standard InChI is InChI=1S/C16H23NO2S/c1-17-14-7-8-16(18-9-10-19-16)11-15(14)20-12-13-5-3-2-4-6-13/h2-6,14-15,17H,7-12H2,1H3. The van der Waals surface area contributed by atoms with Crippen molar-refractivity contribution in [1.29, 1.82) is 0 Å². The first kappa shape index (κ1) is 14.4. The van der Waals surface area contributed by atoms with Gasteiger partial charge in [-0.25, -0.2) is 0 Å². The second-order valence-electron chi connectivity index (χ2n) is 5.58. The molecule has 1 aromatic carbocycles. The van der Waals surface area contributed by atoms with Gasteiger partial charge >= 0.3 is 0 Å². The minimum absolute atomic E-state index is 0.290. The molecule has 20 heavy (non-hydrogen) atoms. The summed E-state index contributed by atoms with van der Waals surface area (Å²) in [7, 11) is 2.06. The predicted molar refractivity (Wildman–Crippen MR) is 82.9 cm³/mol. The summed E-state index contributed by atoms with van der Waals surface area (Å²) in [4.78, 5) is 0. The highest BCUT2D eigenvalue weighted by Gasteiger charge is 2.44. The summed E-state index contributed by atoms with van der Waals surface area (Å²) in [6.45, 7) is 1.50. The molecule has 2 fully saturated rings. The van der Waals surface area contributed by atoms with E-state index < -0.39 is 0 Å². The third kappa shape index (κ3) is 3.19. The molecule has 3 nitrogen and oxygen atoms in total. The first-order valence-corrected chi connectivity index (χ1v) is 8.47. The van der Waals surface area contributed by atoms with E-state index >= 15 is 0 Å². The normalized spacial score (nSPS) is 28.9. The Labute approximate surface area is 125 Å². The van der Waals surface area contributed by atoms with Crippen LogP contribution in [0, 0.1) is 0 Å². The topological polar surface area (TPSA) is 30.5 Å². The molecule has 1 saturated carbocycles. The van der Waals surface area contributed by atoms with E-state index in [1.54, 1.807) is 0 Å². The van der Waals surface area contributed by atoms with Crippen LogP contribution in [0.15, 0.2) is 30.3 Å². The molecule has 2 aliphatic rings. The number of hydrogen-bond donors (Lipinski definition) is 1. The number of ether oxygens (including phenoxy) is 2. The zero-order valence-corrected chi connectivity index (χ0v) is 12.8. The van der Waals surface area contributed by atoms with Gasteiger partial charge in [0.1, 0.15) is 0 Å². The average Bonchev–Trinajstić information content (AvgIpc) is 2.94. The van der Waals surface area contributed by atoms with Crippen molar-refractivity contribution in [1.82, 2.24) is 5.32 Å². The molecule has 2 unspecified atom stereocenters. The van der Waals surface area contributed by atoms with Crippen LogP contribution >= 0.6 is 11.8 Å². The summed E-state index contributed by atoms with van der Waals surface area (Å²) in [5.74, 6) is 0.765. The van der Waals surface area contributed by atoms with Crippen LogP contribution in [-0.4, -0.2) is 37.3 Å². The fraction of sp³-hybridized carbons (Fsp3) is 0.625. The maximum absolute atomic E-state index is 5.89. The van der Waals surface area contributed by atoms with E-state index in [2.05, 4.69) is 42.7 Å². The second-order valence-corrected chi connectivity index (χ2v) is 6.81. The van der Waals surface area contributed by atoms with Crippen molar-refractivity contribution in [3.63, 3.8) is 0 Å². The van der Waals surface area contributed by atoms with Crippen molar-refractivity contribution in [3.8, 4) is 0 Å². The van der Waals surface area contributed by atoms with E-state index in [0.717, 1.165) is 38.2 Å². The van der Waals surface area contributed by atoms with Crippen LogP contribution in [0.4, 0.5) is 0 Å². The predicted octanol–water partition coefficient (Wildman–Crippen LogP) is 2.80. The number of nitrogens with one attached hydrogen (secondary N) is 1. The molecule has 0 amide bonds. The van der Waals surface area contributed by atoms with Crippen LogP contribution in [0.2, 0.25) is 0 Å². The van der Waals surface area contributed by atoms with Gasteiger partial charge in [0.05, 0.1) is 13.2 Å². The summed E-state index contributed by atoms with van der Waals surface area (Å²) < 4.78 is 11.8. The summed E-state index contributed by atoms with van der Waals surface area (Å²) in [5, 5.41) is 4.01. The van der Waals surface area contributed by atoms with Gasteiger partial charge in [0.25, 0.3) is 0 Å². The monoisotopic (exact) mass is 293 g/mol. The number of benzene rings is 1. The van der Waals surface area contributed by atoms with Crippen LogP contribution in [-0.2, 0) is 15.2 Å². The Morgan fingerprint density at radius 3 is 2.70 bits per heavy atom. The van der Waals surface area contributed by atoms with Gasteiger partial charge in [0, 0.05) is 29.9 Å². The maximum atomic E-state index is 5.89. The molecule has 1 heterocycles. The molecule has 4 heteroatoms. The van der Waals surface area contributed by atoms with Crippen molar-refractivity contribution >= 4 is 11.8 Å². The molecular weight excluding hydrogens is 270 g/mol. The van der Waals surface area contributed by atoms with Gasteiger partial charge in [-0.3, -0.25) is 0 Å². The van der Waals surface area contributed by atoms with Crippen LogP contribution in [0.1, 0.15) is 24.8 Å². The fourth-order valence-corrected chi connectivity index (χ4v) is 4.63. The number of rotatable bonds is 4. The SMILES string of the molecule is CNC1CCC2(CC1SCc1ccccc1)OCCO2. The maximum Gasteiger partial charge on any atom is 0.169 e. The number of hydrogen-bond acceptors (Lipinski definition) is 4. The largest absolute Gasteiger partial charge is 0.347 e. The Morgan fingerprint density at radius 2 is 2.00 bits per heavy atom. The minimum atomic E-state index is -0.290. The van der Waals surface area contributed by atoms with Crippen LogP contribution in [0.3, 0.4) is 0 Å². The van der Waals surface area contributed by atoms with Crippen LogP contribution in [0.25, 0.3) is 0 Å². The van der Waals surface area contributed by atoms with E-state index in [4.69, 9.17) is 9.47 Å². The first-order chi connectivity index (χ1) is 9.81. The van der Waals surface area contributed by atoms with Crippen molar-refractivity contribution in [2.75, 3.05) is 20.3 Å². The lowest BCUT2D eigenvalue weighted by molar-refractivity contribution is -0.177. The van der Waals surface area contributed by atoms with E-state index in [-0.39, 0.29) is 5.79 Å². The second kappa shape index (κ2) is 6.48. The van der Waals surface area contributed by atoms with Gasteiger partial charge in [-0.15, -0.1) is 0 Å². The molecule has 3 rings (SSSR count). The lowest BCUT2D eigenvalue weighted by Gasteiger charge is -2.40. The van der Waals surface area contributed by atoms with E-state index in [9.17, 15) is 0 Å². The van der Waals surface area contributed by atoms with Gasteiger partial charge in [0.15, 0.2) is 5.79 Å². The van der Waals surface area contributed by atoms with Crippen LogP contribution in [0.5, 0.6) is 0 Å². The average molecular weight is 293 g/mol. The number of thioether (sulfide) groups is 1. The minimum Gasteiger partial charge on any atom is -0.347 e. The van der Waals surface area contributed by atoms with E-state index in [0.29, 0.717) is 11.3 Å². The zero-order valence-electron chi connectivity index (χ0n) is 12.0. The molecule has 1 spiro atoms. The summed E-state index contributed by atoms with van der Waals surface area (Å²) >= 11 is 2.02. The Hall–Kier alpha value is -0.550. The Balaban J connectivity index is 1.62. The third-order valence-electron chi connectivity index (χ3n) is 4.29. The fourth-order valence-electron chi connectivity index (χ4n) is 3.15. The first-order valence-electron chi connectivity index (χ1n) is 7.42. The molecular formula is C16H23NO2S. The van der Waals surface area contributed by atoms with Gasteiger partial charge in [-0.1, -0.05) is 30.3 Å². The molecule has 1 N–H and O–H groups in total. The lowest BCUT2D eigenvalue weighted by Crippen LogP contribution is -2.48. The molecule has 0 aromatic heterocycles. The van der Waals surface area contributed by atoms with E-state index in [1.807, 2.05) is 11.8 Å². The van der Waals surface area contributed by atoms with Crippen molar-refractivity contribution < 1.29 is 9.47 Å². The Morgan fingerprint density at radius 1 is 1.25 bits per heavy atom. The molecule has 1 aromatic rings. The van der Waals surface area contributed by atoms with E-state index in [1.165, 1.54) is 5.56 Å². The van der Waals surface area contributed by atoms with Crippen molar-refractivity contribution in [3.05, 3.63) is 35.9 Å². The highest BCUT2D eigenvalue weighted by Crippen LogP contribution is 2.41. The van der Waals surface area contributed by atoms with Gasteiger partial charge in [-0.2, -0.15) is 11.8 Å². The van der Waals surface area contributed by atoms with Crippen molar-refractivity contribution in [2.45, 2.75) is 42.1 Å². The molecule has 2 atom stereocenters. The molecule has 0 bridgehead atoms. The lowest BCUT2D eigenvalue weighted by atomic mass is 9.89. The van der Waals surface area contributed by atoms with Crippen LogP contribution < -0.4 is 5.32 Å². The molecule has 1 aliphatic heterocycles.